The van der Waals surface area contributed by atoms with Crippen LogP contribution in [0.3, 0.4) is 0 Å². The Morgan fingerprint density at radius 1 is 1.14 bits per heavy atom. The zero-order valence-electron chi connectivity index (χ0n) is 14.2. The van der Waals surface area contributed by atoms with Crippen molar-refractivity contribution in [2.45, 2.75) is 6.04 Å². The lowest BCUT2D eigenvalue weighted by atomic mass is 10.0. The van der Waals surface area contributed by atoms with Gasteiger partial charge in [-0.25, -0.2) is 0 Å². The Kier molecular flexibility index (Phi) is 4.62. The van der Waals surface area contributed by atoms with Gasteiger partial charge in [0.2, 0.25) is 0 Å². The summed E-state index contributed by atoms with van der Waals surface area (Å²) in [6.45, 7) is 0. The van der Waals surface area contributed by atoms with E-state index in [4.69, 9.17) is 11.6 Å². The largest absolute Gasteiger partial charge is 0.507 e. The number of hydrogen-bond acceptors (Lipinski definition) is 6. The molecular formula is C20H13ClN2O4S. The number of pyridine rings is 1. The molecule has 28 heavy (non-hydrogen) atoms. The fourth-order valence-corrected chi connectivity index (χ4v) is 4.14. The molecule has 0 radical (unpaired) electrons. The number of anilines is 1. The number of benzene rings is 1. The number of amides is 1. The number of aromatic nitrogens is 1. The molecule has 0 spiro atoms. The van der Waals surface area contributed by atoms with Crippen LogP contribution in [0.25, 0.3) is 5.76 Å². The average Bonchev–Trinajstić information content (AvgIpc) is 3.31. The summed E-state index contributed by atoms with van der Waals surface area (Å²) < 4.78 is 0. The van der Waals surface area contributed by atoms with Crippen molar-refractivity contribution in [1.29, 1.82) is 0 Å². The number of hydrogen-bond donors (Lipinski definition) is 2. The summed E-state index contributed by atoms with van der Waals surface area (Å²) >= 11 is 7.38. The summed E-state index contributed by atoms with van der Waals surface area (Å²) in [4.78, 5) is 31.5. The molecule has 0 saturated carbocycles. The Morgan fingerprint density at radius 2 is 1.89 bits per heavy atom. The highest BCUT2D eigenvalue weighted by Gasteiger charge is 2.48. The van der Waals surface area contributed by atoms with E-state index < -0.39 is 17.7 Å². The van der Waals surface area contributed by atoms with Crippen molar-refractivity contribution >= 4 is 46.1 Å². The number of thiophene rings is 1. The van der Waals surface area contributed by atoms with E-state index in [-0.39, 0.29) is 22.8 Å². The summed E-state index contributed by atoms with van der Waals surface area (Å²) in [7, 11) is 0. The molecule has 140 valence electrons. The number of aliphatic hydroxyl groups excluding tert-OH is 1. The minimum Gasteiger partial charge on any atom is -0.507 e. The van der Waals surface area contributed by atoms with E-state index in [1.165, 1.54) is 46.8 Å². The summed E-state index contributed by atoms with van der Waals surface area (Å²) in [6.07, 6.45) is 2.96. The Bertz CT molecular complexity index is 1100. The van der Waals surface area contributed by atoms with Crippen LogP contribution in [0.2, 0.25) is 5.02 Å². The minimum atomic E-state index is -0.891. The summed E-state index contributed by atoms with van der Waals surface area (Å²) in [5.74, 6) is -2.20. The van der Waals surface area contributed by atoms with Gasteiger partial charge in [0.1, 0.15) is 17.6 Å². The molecule has 2 aromatic heterocycles. The van der Waals surface area contributed by atoms with Gasteiger partial charge in [-0.15, -0.1) is 11.3 Å². The molecule has 1 aromatic carbocycles. The number of halogens is 1. The maximum atomic E-state index is 12.9. The molecule has 3 aromatic rings. The van der Waals surface area contributed by atoms with Gasteiger partial charge in [0, 0.05) is 27.9 Å². The van der Waals surface area contributed by atoms with Crippen LogP contribution in [-0.2, 0) is 9.59 Å². The standard InChI is InChI=1S/C20H13ClN2O4S/c21-12-3-4-14(24)13(10-12)23-17(15-2-1-9-28-15)16(19(26)20(23)27)18(25)11-5-7-22-8-6-11/h1-10,17,24-25H/b18-16-. The van der Waals surface area contributed by atoms with Crippen LogP contribution in [0, 0.1) is 0 Å². The van der Waals surface area contributed by atoms with Crippen molar-refractivity contribution in [2.75, 3.05) is 4.90 Å². The Labute approximate surface area is 169 Å². The van der Waals surface area contributed by atoms with Crippen molar-refractivity contribution in [2.24, 2.45) is 0 Å². The van der Waals surface area contributed by atoms with Gasteiger partial charge < -0.3 is 10.2 Å². The highest BCUT2D eigenvalue weighted by atomic mass is 35.5. The number of ketones is 1. The van der Waals surface area contributed by atoms with Gasteiger partial charge in [0.25, 0.3) is 11.7 Å². The number of Topliss-reactive ketones (excluding diaryl/α,β-unsaturated/α-hetero) is 1. The second-order valence-corrected chi connectivity index (χ2v) is 7.47. The number of phenolic OH excluding ortho intramolecular Hbond substituents is 1. The molecule has 0 aliphatic carbocycles. The topological polar surface area (TPSA) is 90.7 Å². The number of nitrogens with zero attached hydrogens (tertiary/aromatic N) is 2. The van der Waals surface area contributed by atoms with E-state index in [9.17, 15) is 19.8 Å². The SMILES string of the molecule is O=C1C(=O)N(c2cc(Cl)ccc2O)C(c2cccs2)/C1=C(/O)c1ccncc1. The zero-order valence-corrected chi connectivity index (χ0v) is 15.8. The molecule has 8 heteroatoms. The van der Waals surface area contributed by atoms with Crippen molar-refractivity contribution in [1.82, 2.24) is 4.98 Å². The third-order valence-corrected chi connectivity index (χ3v) is 5.57. The first kappa shape index (κ1) is 18.2. The predicted octanol–water partition coefficient (Wildman–Crippen LogP) is 4.13. The van der Waals surface area contributed by atoms with Gasteiger partial charge in [0.15, 0.2) is 0 Å². The van der Waals surface area contributed by atoms with E-state index in [1.807, 2.05) is 0 Å². The zero-order chi connectivity index (χ0) is 19.8. The van der Waals surface area contributed by atoms with Crippen LogP contribution in [0.1, 0.15) is 16.5 Å². The number of aromatic hydroxyl groups is 1. The molecule has 1 amide bonds. The maximum absolute atomic E-state index is 12.9. The van der Waals surface area contributed by atoms with Crippen LogP contribution >= 0.6 is 22.9 Å². The fourth-order valence-electron chi connectivity index (χ4n) is 3.15. The molecule has 1 unspecified atom stereocenters. The molecule has 2 N–H and O–H groups in total. The van der Waals surface area contributed by atoms with Gasteiger partial charge in [-0.05, 0) is 41.8 Å². The summed E-state index contributed by atoms with van der Waals surface area (Å²) in [5, 5.41) is 23.2. The third-order valence-electron chi connectivity index (χ3n) is 4.41. The first-order chi connectivity index (χ1) is 13.5. The lowest BCUT2D eigenvalue weighted by molar-refractivity contribution is -0.132. The summed E-state index contributed by atoms with van der Waals surface area (Å²) in [6, 6.07) is 9.99. The average molecular weight is 413 g/mol. The maximum Gasteiger partial charge on any atom is 0.300 e. The Morgan fingerprint density at radius 3 is 2.57 bits per heavy atom. The van der Waals surface area contributed by atoms with Gasteiger partial charge in [-0.1, -0.05) is 17.7 Å². The molecule has 1 fully saturated rings. The Hall–Kier alpha value is -3.16. The molecule has 3 heterocycles. The third kappa shape index (κ3) is 2.94. The molecule has 1 aliphatic heterocycles. The van der Waals surface area contributed by atoms with Crippen LogP contribution in [-0.4, -0.2) is 26.9 Å². The fraction of sp³-hybridized carbons (Fsp3) is 0.0500. The highest BCUT2D eigenvalue weighted by Crippen LogP contribution is 2.46. The smallest absolute Gasteiger partial charge is 0.300 e. The van der Waals surface area contributed by atoms with Crippen LogP contribution in [0.5, 0.6) is 5.75 Å². The minimum absolute atomic E-state index is 0.0574. The van der Waals surface area contributed by atoms with Crippen LogP contribution in [0.15, 0.2) is 65.8 Å². The van der Waals surface area contributed by atoms with E-state index in [0.29, 0.717) is 15.5 Å². The van der Waals surface area contributed by atoms with Gasteiger partial charge >= 0.3 is 0 Å². The highest BCUT2D eigenvalue weighted by molar-refractivity contribution is 7.10. The first-order valence-corrected chi connectivity index (χ1v) is 9.48. The molecule has 0 bridgehead atoms. The number of aliphatic hydroxyl groups is 1. The van der Waals surface area contributed by atoms with Gasteiger partial charge in [-0.2, -0.15) is 0 Å². The van der Waals surface area contributed by atoms with Crippen molar-refractivity contribution in [3.8, 4) is 5.75 Å². The van der Waals surface area contributed by atoms with Crippen LogP contribution in [0.4, 0.5) is 5.69 Å². The van der Waals surface area contributed by atoms with E-state index in [0.717, 1.165) is 0 Å². The summed E-state index contributed by atoms with van der Waals surface area (Å²) in [5.41, 5.74) is 0.407. The molecule has 1 atom stereocenters. The second-order valence-electron chi connectivity index (χ2n) is 6.05. The van der Waals surface area contributed by atoms with E-state index in [2.05, 4.69) is 4.98 Å². The number of carbonyl (C=O) groups excluding carboxylic acids is 2. The van der Waals surface area contributed by atoms with Crippen LogP contribution < -0.4 is 4.90 Å². The molecule has 6 nitrogen and oxygen atoms in total. The number of carbonyl (C=O) groups is 2. The van der Waals surface area contributed by atoms with E-state index in [1.54, 1.807) is 29.6 Å². The van der Waals surface area contributed by atoms with E-state index >= 15 is 0 Å². The molecule has 4 rings (SSSR count). The van der Waals surface area contributed by atoms with Crippen molar-refractivity contribution in [3.63, 3.8) is 0 Å². The monoisotopic (exact) mass is 412 g/mol. The van der Waals surface area contributed by atoms with Gasteiger partial charge in [0.05, 0.1) is 11.3 Å². The molecule has 1 aliphatic rings. The molecular weight excluding hydrogens is 400 g/mol. The number of rotatable bonds is 3. The van der Waals surface area contributed by atoms with Gasteiger partial charge in [-0.3, -0.25) is 19.5 Å². The second kappa shape index (κ2) is 7.10. The predicted molar refractivity (Wildman–Crippen MR) is 106 cm³/mol. The van der Waals surface area contributed by atoms with Crippen molar-refractivity contribution in [3.05, 3.63) is 81.3 Å². The normalized spacial score (nSPS) is 18.6. The molecule has 1 saturated heterocycles. The number of phenols is 1. The first-order valence-electron chi connectivity index (χ1n) is 8.22. The Balaban J connectivity index is 1.97. The lowest BCUT2D eigenvalue weighted by Gasteiger charge is -2.25. The lowest BCUT2D eigenvalue weighted by Crippen LogP contribution is -2.29. The van der Waals surface area contributed by atoms with Crippen molar-refractivity contribution < 1.29 is 19.8 Å². The quantitative estimate of drug-likeness (QED) is 0.383.